The molecule has 3 rings (SSSR count). The molecule has 0 bridgehead atoms. The van der Waals surface area contributed by atoms with E-state index in [0.717, 1.165) is 45.1 Å². The molecular weight excluding hydrogens is 388 g/mol. The van der Waals surface area contributed by atoms with Gasteiger partial charge in [-0.25, -0.2) is 15.0 Å². The lowest BCUT2D eigenvalue weighted by molar-refractivity contribution is -0.0348. The van der Waals surface area contributed by atoms with Crippen LogP contribution in [0.1, 0.15) is 44.8 Å². The van der Waals surface area contributed by atoms with Gasteiger partial charge in [-0.3, -0.25) is 4.57 Å². The van der Waals surface area contributed by atoms with Crippen molar-refractivity contribution in [2.45, 2.75) is 69.1 Å². The number of rotatable bonds is 12. The molecule has 0 radical (unpaired) electrons. The Morgan fingerprint density at radius 3 is 2.60 bits per heavy atom. The number of fused-ring (bicyclic) bond motifs is 1. The fourth-order valence-electron chi connectivity index (χ4n) is 3.91. The van der Waals surface area contributed by atoms with Gasteiger partial charge in [0.1, 0.15) is 30.2 Å². The lowest BCUT2D eigenvalue weighted by atomic mass is 10.0. The maximum absolute atomic E-state index is 10.6. The zero-order valence-electron chi connectivity index (χ0n) is 17.2. The van der Waals surface area contributed by atoms with Gasteiger partial charge in [-0.05, 0) is 32.4 Å². The van der Waals surface area contributed by atoms with Crippen LogP contribution in [0.15, 0.2) is 12.7 Å². The van der Waals surface area contributed by atoms with Gasteiger partial charge >= 0.3 is 0 Å². The van der Waals surface area contributed by atoms with Gasteiger partial charge in [0, 0.05) is 12.6 Å². The van der Waals surface area contributed by atoms with E-state index < -0.39 is 24.5 Å². The summed E-state index contributed by atoms with van der Waals surface area (Å²) < 4.78 is 7.56. The number of unbranched alkanes of at least 4 members (excludes halogenated alkanes) is 3. The molecule has 1 fully saturated rings. The standard InChI is InChI=1S/C19H34N8O3/c20-7-4-2-1-3-5-12(6-8-21)23-9-13-15(28)16(29)19(30-13)27-11-26-14-17(22)24-10-25-18(14)27/h10-13,15-16,19,23,28-29H,1-9,20-21H2,(H2,22,24,25)/t12?,13-,15-,16-,19-/m1/s1. The lowest BCUT2D eigenvalue weighted by Crippen LogP contribution is -2.42. The van der Waals surface area contributed by atoms with E-state index in [4.69, 9.17) is 21.9 Å². The van der Waals surface area contributed by atoms with E-state index in [1.165, 1.54) is 12.7 Å². The number of ether oxygens (including phenoxy) is 1. The van der Waals surface area contributed by atoms with Crippen LogP contribution in [0.4, 0.5) is 5.82 Å². The molecule has 0 aliphatic carbocycles. The first-order valence-corrected chi connectivity index (χ1v) is 10.6. The molecule has 168 valence electrons. The molecule has 1 aliphatic rings. The average Bonchev–Trinajstić information content (AvgIpc) is 3.28. The Morgan fingerprint density at radius 1 is 1.03 bits per heavy atom. The molecule has 2 aromatic heterocycles. The Hall–Kier alpha value is -1.89. The van der Waals surface area contributed by atoms with Crippen LogP contribution >= 0.6 is 0 Å². The van der Waals surface area contributed by atoms with Crippen molar-refractivity contribution in [1.29, 1.82) is 0 Å². The van der Waals surface area contributed by atoms with Gasteiger partial charge in [-0.2, -0.15) is 0 Å². The number of nitrogen functional groups attached to an aromatic ring is 1. The second-order valence-corrected chi connectivity index (χ2v) is 7.80. The molecular formula is C19H34N8O3. The highest BCUT2D eigenvalue weighted by atomic mass is 16.6. The number of hydrogen-bond donors (Lipinski definition) is 6. The third-order valence-corrected chi connectivity index (χ3v) is 5.63. The minimum Gasteiger partial charge on any atom is -0.387 e. The normalized spacial score (nSPS) is 25.2. The molecule has 0 aromatic carbocycles. The van der Waals surface area contributed by atoms with Crippen molar-refractivity contribution in [3.63, 3.8) is 0 Å². The molecule has 11 heteroatoms. The van der Waals surface area contributed by atoms with Crippen LogP contribution in [0.3, 0.4) is 0 Å². The SMILES string of the molecule is NCCCCCCC(CCN)NC[C@H]1O[C@@H](n2cnc3c(N)ncnc32)[C@H](O)[C@@H]1O. The minimum absolute atomic E-state index is 0.237. The average molecular weight is 423 g/mol. The second kappa shape index (κ2) is 10.9. The first-order chi connectivity index (χ1) is 14.6. The number of nitrogens with one attached hydrogen (secondary N) is 1. The number of aliphatic hydroxyl groups is 2. The summed E-state index contributed by atoms with van der Waals surface area (Å²) in [4.78, 5) is 12.3. The molecule has 11 nitrogen and oxygen atoms in total. The highest BCUT2D eigenvalue weighted by Gasteiger charge is 2.44. The zero-order chi connectivity index (χ0) is 21.5. The quantitative estimate of drug-likeness (QED) is 0.238. The maximum atomic E-state index is 10.6. The number of imidazole rings is 1. The van der Waals surface area contributed by atoms with Crippen LogP contribution < -0.4 is 22.5 Å². The van der Waals surface area contributed by atoms with Crippen LogP contribution in [0.2, 0.25) is 0 Å². The highest BCUT2D eigenvalue weighted by Crippen LogP contribution is 2.31. The molecule has 1 saturated heterocycles. The van der Waals surface area contributed by atoms with Gasteiger partial charge in [0.05, 0.1) is 6.33 Å². The maximum Gasteiger partial charge on any atom is 0.167 e. The number of hydrogen-bond acceptors (Lipinski definition) is 10. The Balaban J connectivity index is 1.58. The third-order valence-electron chi connectivity index (χ3n) is 5.63. The van der Waals surface area contributed by atoms with Crippen molar-refractivity contribution in [1.82, 2.24) is 24.8 Å². The number of nitrogens with zero attached hydrogens (tertiary/aromatic N) is 4. The number of aromatic nitrogens is 4. The molecule has 1 unspecified atom stereocenters. The summed E-state index contributed by atoms with van der Waals surface area (Å²) >= 11 is 0. The van der Waals surface area contributed by atoms with Crippen LogP contribution in [0.25, 0.3) is 11.2 Å². The summed E-state index contributed by atoms with van der Waals surface area (Å²) in [6, 6.07) is 0.237. The summed E-state index contributed by atoms with van der Waals surface area (Å²) in [6.07, 6.45) is 5.55. The van der Waals surface area contributed by atoms with Crippen LogP contribution in [-0.2, 0) is 4.74 Å². The Bertz CT molecular complexity index is 788. The number of nitrogens with two attached hydrogens (primary N) is 3. The minimum atomic E-state index is -1.12. The number of aliphatic hydroxyl groups excluding tert-OH is 2. The van der Waals surface area contributed by atoms with Crippen molar-refractivity contribution in [3.8, 4) is 0 Å². The van der Waals surface area contributed by atoms with Gasteiger partial charge in [0.15, 0.2) is 17.7 Å². The molecule has 9 N–H and O–H groups in total. The summed E-state index contributed by atoms with van der Waals surface area (Å²) in [5, 5.41) is 24.5. The Morgan fingerprint density at radius 2 is 1.83 bits per heavy atom. The molecule has 0 saturated carbocycles. The van der Waals surface area contributed by atoms with Gasteiger partial charge in [0.2, 0.25) is 0 Å². The topological polar surface area (TPSA) is 183 Å². The predicted octanol–water partition coefficient (Wildman–Crippen LogP) is -0.756. The van der Waals surface area contributed by atoms with Crippen LogP contribution in [0, 0.1) is 0 Å². The van der Waals surface area contributed by atoms with Gasteiger partial charge in [0.25, 0.3) is 0 Å². The van der Waals surface area contributed by atoms with Gasteiger partial charge in [-0.15, -0.1) is 0 Å². The Labute approximate surface area is 176 Å². The monoisotopic (exact) mass is 422 g/mol. The van der Waals surface area contributed by atoms with E-state index in [1.54, 1.807) is 4.57 Å². The van der Waals surface area contributed by atoms with E-state index in [9.17, 15) is 10.2 Å². The molecule has 2 aromatic rings. The van der Waals surface area contributed by atoms with Gasteiger partial charge < -0.3 is 37.5 Å². The van der Waals surface area contributed by atoms with Crippen molar-refractivity contribution in [2.75, 3.05) is 25.4 Å². The smallest absolute Gasteiger partial charge is 0.167 e. The third kappa shape index (κ3) is 5.23. The van der Waals surface area contributed by atoms with E-state index in [-0.39, 0.29) is 11.9 Å². The van der Waals surface area contributed by atoms with Crippen LogP contribution in [0.5, 0.6) is 0 Å². The van der Waals surface area contributed by atoms with Crippen molar-refractivity contribution in [2.24, 2.45) is 11.5 Å². The first kappa shape index (κ1) is 22.8. The molecule has 1 aliphatic heterocycles. The largest absolute Gasteiger partial charge is 0.387 e. The summed E-state index contributed by atoms with van der Waals surface area (Å²) in [7, 11) is 0. The van der Waals surface area contributed by atoms with Crippen molar-refractivity contribution < 1.29 is 14.9 Å². The van der Waals surface area contributed by atoms with Crippen LogP contribution in [-0.4, -0.2) is 73.7 Å². The zero-order valence-corrected chi connectivity index (χ0v) is 17.2. The summed E-state index contributed by atoms with van der Waals surface area (Å²) in [5.74, 6) is 0.251. The van der Waals surface area contributed by atoms with Crippen molar-refractivity contribution in [3.05, 3.63) is 12.7 Å². The van der Waals surface area contributed by atoms with Gasteiger partial charge in [-0.1, -0.05) is 19.3 Å². The Kier molecular flexibility index (Phi) is 8.31. The molecule has 3 heterocycles. The van der Waals surface area contributed by atoms with Crippen molar-refractivity contribution >= 4 is 17.0 Å². The fourth-order valence-corrected chi connectivity index (χ4v) is 3.91. The molecule has 5 atom stereocenters. The number of anilines is 1. The highest BCUT2D eigenvalue weighted by molar-refractivity contribution is 5.81. The second-order valence-electron chi connectivity index (χ2n) is 7.80. The van der Waals surface area contributed by atoms with E-state index >= 15 is 0 Å². The molecule has 30 heavy (non-hydrogen) atoms. The summed E-state index contributed by atoms with van der Waals surface area (Å²) in [6.45, 7) is 1.73. The predicted molar refractivity (Wildman–Crippen MR) is 113 cm³/mol. The molecule has 0 amide bonds. The van der Waals surface area contributed by atoms with E-state index in [1.807, 2.05) is 0 Å². The fraction of sp³-hybridized carbons (Fsp3) is 0.737. The first-order valence-electron chi connectivity index (χ1n) is 10.6. The van der Waals surface area contributed by atoms with E-state index in [0.29, 0.717) is 24.3 Å². The van der Waals surface area contributed by atoms with E-state index in [2.05, 4.69) is 20.3 Å². The summed E-state index contributed by atoms with van der Waals surface area (Å²) in [5.41, 5.74) is 18.0. The lowest BCUT2D eigenvalue weighted by Gasteiger charge is -2.22. The molecule has 0 spiro atoms.